The number of halogens is 1. The van der Waals surface area contributed by atoms with Crippen molar-refractivity contribution < 1.29 is 0 Å². The SMILES string of the molecule is Cc1cccc(Cl)c1.N#N. The second-order valence-corrected chi connectivity index (χ2v) is 2.24. The topological polar surface area (TPSA) is 47.6 Å². The predicted molar refractivity (Wildman–Crippen MR) is 39.6 cm³/mol. The monoisotopic (exact) mass is 154 g/mol. The number of nitrogens with zero attached hydrogens (tertiary/aromatic N) is 2. The lowest BCUT2D eigenvalue weighted by Crippen LogP contribution is -1.66. The smallest absolute Gasteiger partial charge is 0.0408 e. The van der Waals surface area contributed by atoms with Gasteiger partial charge in [0.1, 0.15) is 0 Å². The van der Waals surface area contributed by atoms with E-state index in [2.05, 4.69) is 0 Å². The van der Waals surface area contributed by atoms with E-state index in [4.69, 9.17) is 22.4 Å². The van der Waals surface area contributed by atoms with E-state index < -0.39 is 0 Å². The number of rotatable bonds is 0. The maximum Gasteiger partial charge on any atom is 0.0408 e. The molecule has 0 bridgehead atoms. The van der Waals surface area contributed by atoms with Gasteiger partial charge in [-0.25, -0.2) is 0 Å². The maximum atomic E-state index is 6.00. The van der Waals surface area contributed by atoms with Crippen molar-refractivity contribution in [3.05, 3.63) is 34.9 Å². The van der Waals surface area contributed by atoms with Gasteiger partial charge in [-0.15, -0.1) is 0 Å². The summed E-state index contributed by atoms with van der Waals surface area (Å²) in [6.45, 7) is 2.02. The van der Waals surface area contributed by atoms with Crippen LogP contribution in [-0.2, 0) is 0 Å². The highest BCUT2D eigenvalue weighted by Crippen LogP contribution is 2.08. The third-order valence-electron chi connectivity index (χ3n) is 0.980. The van der Waals surface area contributed by atoms with Crippen LogP contribution in [0.3, 0.4) is 0 Å². The molecule has 1 rings (SSSR count). The summed E-state index contributed by atoms with van der Waals surface area (Å²) >= 11 is 5.64. The van der Waals surface area contributed by atoms with E-state index in [1.54, 1.807) is 0 Å². The van der Waals surface area contributed by atoms with Crippen molar-refractivity contribution in [3.8, 4) is 0 Å². The Morgan fingerprint density at radius 3 is 2.20 bits per heavy atom. The number of hydrogen-bond acceptors (Lipinski definition) is 2. The lowest BCUT2D eigenvalue weighted by molar-refractivity contribution is 1.15. The maximum absolute atomic E-state index is 6.00. The lowest BCUT2D eigenvalue weighted by atomic mass is 10.2. The summed E-state index contributed by atoms with van der Waals surface area (Å²) < 4.78 is 0. The fourth-order valence-corrected chi connectivity index (χ4v) is 0.850. The van der Waals surface area contributed by atoms with Gasteiger partial charge in [0, 0.05) is 15.8 Å². The van der Waals surface area contributed by atoms with Gasteiger partial charge in [0.05, 0.1) is 0 Å². The first kappa shape index (κ1) is 8.93. The largest absolute Gasteiger partial charge is 0.0843 e. The van der Waals surface area contributed by atoms with Crippen molar-refractivity contribution in [3.63, 3.8) is 0 Å². The van der Waals surface area contributed by atoms with Crippen LogP contribution in [0.25, 0.3) is 0 Å². The molecule has 52 valence electrons. The molecule has 3 heteroatoms. The first-order valence-electron chi connectivity index (χ1n) is 2.71. The third kappa shape index (κ3) is 3.06. The Morgan fingerprint density at radius 2 is 1.90 bits per heavy atom. The van der Waals surface area contributed by atoms with E-state index in [0.29, 0.717) is 0 Å². The first-order chi connectivity index (χ1) is 4.79. The molecule has 1 aromatic rings. The Hall–Kier alpha value is -1.07. The Morgan fingerprint density at radius 1 is 1.30 bits per heavy atom. The van der Waals surface area contributed by atoms with Crippen LogP contribution in [0.4, 0.5) is 0 Å². The highest BCUT2D eigenvalue weighted by atomic mass is 35.5. The Bertz CT molecular complexity index is 203. The van der Waals surface area contributed by atoms with Crippen molar-refractivity contribution >= 4 is 11.6 Å². The predicted octanol–water partition coefficient (Wildman–Crippen LogP) is 2.68. The van der Waals surface area contributed by atoms with Crippen LogP contribution in [0.5, 0.6) is 0 Å². The third-order valence-corrected chi connectivity index (χ3v) is 1.22. The standard InChI is InChI=1S/C7H7Cl.N2/c1-6-3-2-4-7(8)5-6;1-2/h2-5H,1H3;. The zero-order valence-corrected chi connectivity index (χ0v) is 6.34. The van der Waals surface area contributed by atoms with Gasteiger partial charge in [-0.2, -0.15) is 0 Å². The molecule has 10 heavy (non-hydrogen) atoms. The number of benzene rings is 1. The molecule has 2 nitrogen and oxygen atoms in total. The molecule has 0 N–H and O–H groups in total. The molecule has 0 amide bonds. The van der Waals surface area contributed by atoms with E-state index in [1.807, 2.05) is 31.2 Å². The average molecular weight is 155 g/mol. The fraction of sp³-hybridized carbons (Fsp3) is 0.143. The summed E-state index contributed by atoms with van der Waals surface area (Å²) in [5.74, 6) is 0. The van der Waals surface area contributed by atoms with Crippen molar-refractivity contribution in [1.29, 1.82) is 10.8 Å². The van der Waals surface area contributed by atoms with E-state index in [0.717, 1.165) is 5.02 Å². The van der Waals surface area contributed by atoms with Gasteiger partial charge in [-0.3, -0.25) is 0 Å². The van der Waals surface area contributed by atoms with Gasteiger partial charge in [-0.05, 0) is 24.6 Å². The molecule has 0 radical (unpaired) electrons. The van der Waals surface area contributed by atoms with E-state index in [9.17, 15) is 0 Å². The van der Waals surface area contributed by atoms with Crippen molar-refractivity contribution in [2.24, 2.45) is 0 Å². The van der Waals surface area contributed by atoms with Crippen LogP contribution in [0, 0.1) is 17.7 Å². The minimum Gasteiger partial charge on any atom is -0.0843 e. The van der Waals surface area contributed by atoms with Crippen LogP contribution < -0.4 is 0 Å². The molecule has 0 aliphatic rings. The van der Waals surface area contributed by atoms with Crippen LogP contribution in [0.2, 0.25) is 5.02 Å². The molecule has 0 unspecified atom stereocenters. The lowest BCUT2D eigenvalue weighted by Gasteiger charge is -1.88. The summed E-state index contributed by atoms with van der Waals surface area (Å²) in [6.07, 6.45) is 0. The summed E-state index contributed by atoms with van der Waals surface area (Å²) in [7, 11) is 0. The highest BCUT2D eigenvalue weighted by molar-refractivity contribution is 6.30. The fourth-order valence-electron chi connectivity index (χ4n) is 0.606. The molecule has 1 aromatic carbocycles. The second kappa shape index (κ2) is 4.78. The molecular weight excluding hydrogens is 148 g/mol. The normalized spacial score (nSPS) is 7.60. The number of aryl methyl sites for hydroxylation is 1. The van der Waals surface area contributed by atoms with Crippen molar-refractivity contribution in [2.45, 2.75) is 6.92 Å². The van der Waals surface area contributed by atoms with Gasteiger partial charge in [-0.1, -0.05) is 23.7 Å². The molecule has 0 heterocycles. The zero-order chi connectivity index (χ0) is 7.98. The van der Waals surface area contributed by atoms with Crippen LogP contribution in [0.15, 0.2) is 24.3 Å². The minimum atomic E-state index is 0.810. The summed E-state index contributed by atoms with van der Waals surface area (Å²) in [4.78, 5) is 0. The van der Waals surface area contributed by atoms with Gasteiger partial charge in [0.15, 0.2) is 0 Å². The molecule has 0 aliphatic carbocycles. The van der Waals surface area contributed by atoms with E-state index in [1.165, 1.54) is 5.56 Å². The molecule has 0 saturated heterocycles. The summed E-state index contributed by atoms with van der Waals surface area (Å²) in [5.41, 5.74) is 1.21. The average Bonchev–Trinajstić information content (AvgIpc) is 1.91. The van der Waals surface area contributed by atoms with Gasteiger partial charge in [0.2, 0.25) is 0 Å². The molecule has 0 aromatic heterocycles. The Labute approximate surface area is 64.9 Å². The van der Waals surface area contributed by atoms with Crippen LogP contribution in [0.1, 0.15) is 5.56 Å². The molecule has 0 atom stereocenters. The van der Waals surface area contributed by atoms with E-state index >= 15 is 0 Å². The highest BCUT2D eigenvalue weighted by Gasteiger charge is 1.82. The summed E-state index contributed by atoms with van der Waals surface area (Å²) in [6, 6.07) is 7.76. The molecular formula is C7H7ClN2. The molecule has 0 saturated carbocycles. The van der Waals surface area contributed by atoms with Gasteiger partial charge >= 0.3 is 0 Å². The molecule has 0 fully saturated rings. The first-order valence-corrected chi connectivity index (χ1v) is 3.09. The minimum absolute atomic E-state index is 0.810. The quantitative estimate of drug-likeness (QED) is 0.540. The van der Waals surface area contributed by atoms with Gasteiger partial charge in [0.25, 0.3) is 0 Å². The number of hydrogen-bond donors (Lipinski definition) is 0. The van der Waals surface area contributed by atoms with E-state index in [-0.39, 0.29) is 0 Å². The molecule has 0 aliphatic heterocycles. The van der Waals surface area contributed by atoms with Gasteiger partial charge < -0.3 is 0 Å². The zero-order valence-electron chi connectivity index (χ0n) is 5.58. The summed E-state index contributed by atoms with van der Waals surface area (Å²) in [5, 5.41) is 12.8. The molecule has 0 spiro atoms. The Kier molecular flexibility index (Phi) is 4.26. The second-order valence-electron chi connectivity index (χ2n) is 1.80. The van der Waals surface area contributed by atoms with Crippen molar-refractivity contribution in [1.82, 2.24) is 0 Å². The van der Waals surface area contributed by atoms with Crippen molar-refractivity contribution in [2.75, 3.05) is 0 Å². The van der Waals surface area contributed by atoms with Crippen LogP contribution >= 0.6 is 11.6 Å². The van der Waals surface area contributed by atoms with Crippen LogP contribution in [-0.4, -0.2) is 0 Å². The Balaban J connectivity index is 0.000000371.